The lowest BCUT2D eigenvalue weighted by Gasteiger charge is -2.11. The molecule has 2 N–H and O–H groups in total. The zero-order chi connectivity index (χ0) is 21.0. The summed E-state index contributed by atoms with van der Waals surface area (Å²) in [6.07, 6.45) is 1.74. The van der Waals surface area contributed by atoms with Crippen molar-refractivity contribution < 1.29 is 23.7 Å². The molecule has 0 radical (unpaired) electrons. The van der Waals surface area contributed by atoms with Crippen molar-refractivity contribution in [3.8, 4) is 23.1 Å². The highest BCUT2D eigenvalue weighted by molar-refractivity contribution is 6.02. The van der Waals surface area contributed by atoms with Gasteiger partial charge in [-0.1, -0.05) is 6.07 Å². The highest BCUT2D eigenvalue weighted by Crippen LogP contribution is 2.41. The van der Waals surface area contributed by atoms with Gasteiger partial charge >= 0.3 is 0 Å². The Bertz CT molecular complexity index is 996. The van der Waals surface area contributed by atoms with Gasteiger partial charge in [0.25, 0.3) is 5.91 Å². The van der Waals surface area contributed by atoms with E-state index in [1.54, 1.807) is 45.7 Å². The molecule has 0 saturated carbocycles. The molecule has 1 amide bonds. The van der Waals surface area contributed by atoms with Gasteiger partial charge in [0.1, 0.15) is 11.4 Å². The molecule has 3 rings (SSSR count). The molecule has 0 bridgehead atoms. The van der Waals surface area contributed by atoms with E-state index in [1.807, 2.05) is 19.9 Å². The van der Waals surface area contributed by atoms with Crippen LogP contribution < -0.4 is 24.3 Å². The van der Waals surface area contributed by atoms with Gasteiger partial charge in [0.05, 0.1) is 33.0 Å². The summed E-state index contributed by atoms with van der Waals surface area (Å²) in [5.74, 6) is 1.90. The number of carbonyl (C=O) groups is 1. The van der Waals surface area contributed by atoms with Crippen molar-refractivity contribution in [3.05, 3.63) is 41.7 Å². The predicted molar refractivity (Wildman–Crippen MR) is 109 cm³/mol. The molecule has 0 fully saturated rings. The summed E-state index contributed by atoms with van der Waals surface area (Å²) < 4.78 is 21.7. The summed E-state index contributed by atoms with van der Waals surface area (Å²) in [7, 11) is 4.66. The highest BCUT2D eigenvalue weighted by Gasteiger charge is 2.19. The number of hydrogen-bond acceptors (Lipinski definition) is 6. The van der Waals surface area contributed by atoms with Gasteiger partial charge in [-0.2, -0.15) is 0 Å². The Morgan fingerprint density at radius 3 is 2.45 bits per heavy atom. The Morgan fingerprint density at radius 1 is 1.10 bits per heavy atom. The molecule has 0 aliphatic heterocycles. The molecule has 0 spiro atoms. The molecule has 8 nitrogen and oxygen atoms in total. The molecule has 0 saturated heterocycles. The molecule has 0 aliphatic carbocycles. The lowest BCUT2D eigenvalue weighted by atomic mass is 10.2. The number of aromatic amines is 1. The number of benzene rings is 1. The number of pyridine rings is 1. The molecule has 154 valence electrons. The van der Waals surface area contributed by atoms with E-state index < -0.39 is 0 Å². The van der Waals surface area contributed by atoms with E-state index in [9.17, 15) is 4.79 Å². The maximum Gasteiger partial charge on any atom is 0.268 e. The number of methoxy groups -OCH3 is 3. The molecule has 2 heterocycles. The van der Waals surface area contributed by atoms with E-state index in [2.05, 4.69) is 15.3 Å². The number of H-pyrrole nitrogens is 1. The molecular weight excluding hydrogens is 374 g/mol. The Balaban J connectivity index is 1.79. The van der Waals surface area contributed by atoms with E-state index in [1.165, 1.54) is 0 Å². The van der Waals surface area contributed by atoms with Crippen LogP contribution in [0.4, 0.5) is 0 Å². The summed E-state index contributed by atoms with van der Waals surface area (Å²) in [4.78, 5) is 20.0. The van der Waals surface area contributed by atoms with Gasteiger partial charge in [-0.15, -0.1) is 0 Å². The molecule has 0 unspecified atom stereocenters. The zero-order valence-electron chi connectivity index (χ0n) is 17.2. The second-order valence-corrected chi connectivity index (χ2v) is 6.64. The number of amides is 1. The Kier molecular flexibility index (Phi) is 6.11. The van der Waals surface area contributed by atoms with Crippen LogP contribution in [0.3, 0.4) is 0 Å². The fourth-order valence-corrected chi connectivity index (χ4v) is 2.96. The first kappa shape index (κ1) is 20.3. The lowest BCUT2D eigenvalue weighted by Crippen LogP contribution is -2.23. The van der Waals surface area contributed by atoms with Crippen LogP contribution in [0.5, 0.6) is 23.1 Å². The van der Waals surface area contributed by atoms with Crippen LogP contribution in [0.2, 0.25) is 0 Å². The number of nitrogens with zero attached hydrogens (tertiary/aromatic N) is 1. The summed E-state index contributed by atoms with van der Waals surface area (Å²) in [5.41, 5.74) is 1.88. The van der Waals surface area contributed by atoms with E-state index in [0.29, 0.717) is 40.9 Å². The van der Waals surface area contributed by atoms with Crippen LogP contribution in [-0.4, -0.2) is 43.3 Å². The van der Waals surface area contributed by atoms with Gasteiger partial charge in [-0.05, 0) is 25.5 Å². The van der Waals surface area contributed by atoms with Gasteiger partial charge in [0, 0.05) is 30.3 Å². The van der Waals surface area contributed by atoms with Crippen LogP contribution in [0.15, 0.2) is 30.5 Å². The van der Waals surface area contributed by atoms with E-state index in [4.69, 9.17) is 18.9 Å². The SMILES string of the molecule is COc1cc(OC)c2cc(C(=O)NCc3ccc(OC(C)C)nc3)[nH]c2c1OC. The maximum atomic E-state index is 12.7. The summed E-state index contributed by atoms with van der Waals surface area (Å²) >= 11 is 0. The van der Waals surface area contributed by atoms with Gasteiger partial charge in [-0.25, -0.2) is 4.98 Å². The molecule has 0 aliphatic rings. The predicted octanol–water partition coefficient (Wildman–Crippen LogP) is 3.31. The number of rotatable bonds is 8. The van der Waals surface area contributed by atoms with Crippen molar-refractivity contribution in [3.63, 3.8) is 0 Å². The average molecular weight is 399 g/mol. The Hall–Kier alpha value is -3.42. The van der Waals surface area contributed by atoms with Crippen LogP contribution in [-0.2, 0) is 6.54 Å². The maximum absolute atomic E-state index is 12.7. The normalized spacial score (nSPS) is 10.8. The van der Waals surface area contributed by atoms with Crippen molar-refractivity contribution in [2.45, 2.75) is 26.5 Å². The molecule has 0 atom stereocenters. The molecule has 29 heavy (non-hydrogen) atoms. The molecule has 8 heteroatoms. The average Bonchev–Trinajstić information content (AvgIpc) is 3.16. The van der Waals surface area contributed by atoms with E-state index in [0.717, 1.165) is 10.9 Å². The third kappa shape index (κ3) is 4.37. The van der Waals surface area contributed by atoms with Gasteiger partial charge in [-0.3, -0.25) is 4.79 Å². The number of ether oxygens (including phenoxy) is 4. The quantitative estimate of drug-likeness (QED) is 0.604. The number of aromatic nitrogens is 2. The lowest BCUT2D eigenvalue weighted by molar-refractivity contribution is 0.0946. The van der Waals surface area contributed by atoms with Crippen molar-refractivity contribution in [1.82, 2.24) is 15.3 Å². The number of nitrogens with one attached hydrogen (secondary N) is 2. The van der Waals surface area contributed by atoms with Crippen molar-refractivity contribution >= 4 is 16.8 Å². The number of fused-ring (bicyclic) bond motifs is 1. The van der Waals surface area contributed by atoms with E-state index in [-0.39, 0.29) is 12.0 Å². The molecule has 3 aromatic rings. The molecular formula is C21H25N3O5. The minimum atomic E-state index is -0.258. The number of hydrogen-bond donors (Lipinski definition) is 2. The first-order valence-corrected chi connectivity index (χ1v) is 9.18. The first-order valence-electron chi connectivity index (χ1n) is 9.18. The second kappa shape index (κ2) is 8.72. The Morgan fingerprint density at radius 2 is 1.86 bits per heavy atom. The highest BCUT2D eigenvalue weighted by atomic mass is 16.5. The minimum Gasteiger partial charge on any atom is -0.496 e. The third-order valence-electron chi connectivity index (χ3n) is 4.29. The van der Waals surface area contributed by atoms with Crippen LogP contribution in [0.1, 0.15) is 29.9 Å². The monoisotopic (exact) mass is 399 g/mol. The first-order chi connectivity index (χ1) is 14.0. The standard InChI is InChI=1S/C21H25N3O5/c1-12(2)29-18-7-6-13(10-22-18)11-23-21(25)15-8-14-16(26-3)9-17(27-4)20(28-5)19(14)24-15/h6-10,12,24H,11H2,1-5H3,(H,23,25). The fraction of sp³-hybridized carbons (Fsp3) is 0.333. The van der Waals surface area contributed by atoms with Crippen LogP contribution in [0, 0.1) is 0 Å². The molecule has 1 aromatic carbocycles. The topological polar surface area (TPSA) is 94.7 Å². The number of carbonyl (C=O) groups excluding carboxylic acids is 1. The summed E-state index contributed by atoms with van der Waals surface area (Å²) in [5, 5.41) is 3.60. The van der Waals surface area contributed by atoms with Crippen LogP contribution in [0.25, 0.3) is 10.9 Å². The van der Waals surface area contributed by atoms with Gasteiger partial charge in [0.2, 0.25) is 5.88 Å². The molecule has 2 aromatic heterocycles. The summed E-state index contributed by atoms with van der Waals surface area (Å²) in [6.45, 7) is 4.21. The largest absolute Gasteiger partial charge is 0.496 e. The van der Waals surface area contributed by atoms with Crippen molar-refractivity contribution in [2.24, 2.45) is 0 Å². The van der Waals surface area contributed by atoms with Crippen molar-refractivity contribution in [2.75, 3.05) is 21.3 Å². The van der Waals surface area contributed by atoms with Crippen molar-refractivity contribution in [1.29, 1.82) is 0 Å². The Labute approximate surface area is 169 Å². The summed E-state index contributed by atoms with van der Waals surface area (Å²) in [6, 6.07) is 7.10. The van der Waals surface area contributed by atoms with Gasteiger partial charge in [0.15, 0.2) is 11.5 Å². The van der Waals surface area contributed by atoms with E-state index >= 15 is 0 Å². The van der Waals surface area contributed by atoms with Gasteiger partial charge < -0.3 is 29.2 Å². The second-order valence-electron chi connectivity index (χ2n) is 6.64. The minimum absolute atomic E-state index is 0.0580. The fourth-order valence-electron chi connectivity index (χ4n) is 2.96. The van der Waals surface area contributed by atoms with Crippen LogP contribution >= 0.6 is 0 Å². The third-order valence-corrected chi connectivity index (χ3v) is 4.29. The zero-order valence-corrected chi connectivity index (χ0v) is 17.2. The smallest absolute Gasteiger partial charge is 0.268 e.